The Morgan fingerprint density at radius 1 is 1.24 bits per heavy atom. The molecule has 1 aromatic carbocycles. The molecule has 8 heteroatoms. The van der Waals surface area contributed by atoms with Crippen LogP contribution in [0.2, 0.25) is 0 Å². The summed E-state index contributed by atoms with van der Waals surface area (Å²) in [5, 5.41) is 8.95. The van der Waals surface area contributed by atoms with Crippen molar-refractivity contribution in [2.24, 2.45) is 0 Å². The van der Waals surface area contributed by atoms with Crippen molar-refractivity contribution in [3.8, 4) is 0 Å². The van der Waals surface area contributed by atoms with Gasteiger partial charge in [-0.25, -0.2) is 12.8 Å². The van der Waals surface area contributed by atoms with Crippen LogP contribution in [0, 0.1) is 5.82 Å². The van der Waals surface area contributed by atoms with Crippen molar-refractivity contribution in [2.45, 2.75) is 17.9 Å². The van der Waals surface area contributed by atoms with Crippen LogP contribution in [0.4, 0.5) is 4.39 Å². The average molecular weight is 316 g/mol. The number of rotatable bonds is 4. The van der Waals surface area contributed by atoms with Gasteiger partial charge in [-0.1, -0.05) is 12.1 Å². The lowest BCUT2D eigenvalue weighted by Crippen LogP contribution is -2.53. The maximum absolute atomic E-state index is 13.7. The molecule has 0 amide bonds. The summed E-state index contributed by atoms with van der Waals surface area (Å²) in [4.78, 5) is 12.3. The van der Waals surface area contributed by atoms with Gasteiger partial charge in [0.15, 0.2) is 0 Å². The summed E-state index contributed by atoms with van der Waals surface area (Å²) < 4.78 is 39.6. The van der Waals surface area contributed by atoms with E-state index in [0.29, 0.717) is 13.1 Å². The van der Waals surface area contributed by atoms with Crippen LogP contribution in [0.1, 0.15) is 6.92 Å². The van der Waals surface area contributed by atoms with Crippen LogP contribution in [0.3, 0.4) is 0 Å². The van der Waals surface area contributed by atoms with E-state index in [1.165, 1.54) is 22.5 Å². The lowest BCUT2D eigenvalue weighted by Gasteiger charge is -2.35. The molecule has 0 aromatic heterocycles. The summed E-state index contributed by atoms with van der Waals surface area (Å²) in [5.74, 6) is -1.72. The smallest absolute Gasteiger partial charge is 0.320 e. The van der Waals surface area contributed by atoms with Crippen LogP contribution in [-0.2, 0) is 14.8 Å². The molecule has 0 saturated carbocycles. The van der Waals surface area contributed by atoms with Crippen molar-refractivity contribution in [3.63, 3.8) is 0 Å². The van der Waals surface area contributed by atoms with Crippen LogP contribution in [0.5, 0.6) is 0 Å². The lowest BCUT2D eigenvalue weighted by molar-refractivity contribution is -0.143. The fourth-order valence-electron chi connectivity index (χ4n) is 2.28. The lowest BCUT2D eigenvalue weighted by atomic mass is 10.2. The molecule has 1 fully saturated rings. The molecule has 1 N–H and O–H groups in total. The third kappa shape index (κ3) is 3.22. The average Bonchev–Trinajstić information content (AvgIpc) is 2.46. The molecule has 1 heterocycles. The van der Waals surface area contributed by atoms with Gasteiger partial charge in [0, 0.05) is 26.2 Å². The minimum absolute atomic E-state index is 0.147. The number of hydrogen-bond acceptors (Lipinski definition) is 4. The predicted molar refractivity (Wildman–Crippen MR) is 73.8 cm³/mol. The normalized spacial score (nSPS) is 19.3. The molecular weight excluding hydrogens is 299 g/mol. The Morgan fingerprint density at radius 3 is 2.33 bits per heavy atom. The molecule has 0 aliphatic carbocycles. The first-order valence-electron chi connectivity index (χ1n) is 6.55. The SMILES string of the molecule is C[C@@H](C(=O)O)N1CCN(S(=O)(=O)c2ccccc2F)CC1. The second-order valence-corrected chi connectivity index (χ2v) is 6.79. The zero-order valence-corrected chi connectivity index (χ0v) is 12.4. The van der Waals surface area contributed by atoms with Crippen molar-refractivity contribution < 1.29 is 22.7 Å². The molecule has 0 spiro atoms. The van der Waals surface area contributed by atoms with Gasteiger partial charge in [0.2, 0.25) is 10.0 Å². The number of hydrogen-bond donors (Lipinski definition) is 1. The number of aliphatic carboxylic acids is 1. The van der Waals surface area contributed by atoms with Crippen LogP contribution >= 0.6 is 0 Å². The molecule has 1 aliphatic rings. The first kappa shape index (κ1) is 15.9. The number of sulfonamides is 1. The third-order valence-corrected chi connectivity index (χ3v) is 5.56. The molecule has 1 saturated heterocycles. The number of piperazine rings is 1. The maximum atomic E-state index is 13.7. The Bertz CT molecular complexity index is 627. The van der Waals surface area contributed by atoms with Gasteiger partial charge in [-0.3, -0.25) is 9.69 Å². The zero-order chi connectivity index (χ0) is 15.6. The van der Waals surface area contributed by atoms with E-state index >= 15 is 0 Å². The summed E-state index contributed by atoms with van der Waals surface area (Å²) in [6.45, 7) is 2.47. The summed E-state index contributed by atoms with van der Waals surface area (Å²) >= 11 is 0. The molecule has 1 aliphatic heterocycles. The maximum Gasteiger partial charge on any atom is 0.320 e. The first-order valence-corrected chi connectivity index (χ1v) is 7.99. The van der Waals surface area contributed by atoms with E-state index in [1.54, 1.807) is 11.8 Å². The molecule has 0 radical (unpaired) electrons. The first-order chi connectivity index (χ1) is 9.84. The van der Waals surface area contributed by atoms with E-state index in [4.69, 9.17) is 5.11 Å². The second-order valence-electron chi connectivity index (χ2n) is 4.88. The Kier molecular flexibility index (Phi) is 4.60. The van der Waals surface area contributed by atoms with E-state index in [1.807, 2.05) is 0 Å². The number of carboxylic acids is 1. The molecule has 1 aromatic rings. The molecule has 21 heavy (non-hydrogen) atoms. The van der Waals surface area contributed by atoms with Gasteiger partial charge in [0.05, 0.1) is 0 Å². The van der Waals surface area contributed by atoms with Crippen LogP contribution in [0.15, 0.2) is 29.2 Å². The number of nitrogens with zero attached hydrogens (tertiary/aromatic N) is 2. The Labute approximate surface area is 122 Å². The minimum Gasteiger partial charge on any atom is -0.480 e. The van der Waals surface area contributed by atoms with E-state index in [2.05, 4.69) is 0 Å². The standard InChI is InChI=1S/C13H17FN2O4S/c1-10(13(17)18)15-6-8-16(9-7-15)21(19,20)12-5-3-2-4-11(12)14/h2-5,10H,6-9H2,1H3,(H,17,18)/t10-/m0/s1. The third-order valence-electron chi connectivity index (χ3n) is 3.63. The monoisotopic (exact) mass is 316 g/mol. The van der Waals surface area contributed by atoms with Crippen molar-refractivity contribution in [1.29, 1.82) is 0 Å². The van der Waals surface area contributed by atoms with Crippen molar-refractivity contribution in [1.82, 2.24) is 9.21 Å². The largest absolute Gasteiger partial charge is 0.480 e. The molecule has 116 valence electrons. The number of carbonyl (C=O) groups is 1. The molecule has 1 atom stereocenters. The van der Waals surface area contributed by atoms with Crippen molar-refractivity contribution >= 4 is 16.0 Å². The van der Waals surface area contributed by atoms with Crippen LogP contribution < -0.4 is 0 Å². The highest BCUT2D eigenvalue weighted by atomic mass is 32.2. The van der Waals surface area contributed by atoms with Gasteiger partial charge in [-0.05, 0) is 19.1 Å². The Balaban J connectivity index is 2.12. The second kappa shape index (κ2) is 6.08. The van der Waals surface area contributed by atoms with E-state index in [-0.39, 0.29) is 18.0 Å². The van der Waals surface area contributed by atoms with Gasteiger partial charge in [0.25, 0.3) is 0 Å². The Hall–Kier alpha value is -1.51. The molecule has 6 nitrogen and oxygen atoms in total. The van der Waals surface area contributed by atoms with E-state index in [9.17, 15) is 17.6 Å². The number of benzene rings is 1. The Morgan fingerprint density at radius 2 is 1.81 bits per heavy atom. The fraction of sp³-hybridized carbons (Fsp3) is 0.462. The number of carboxylic acid groups (broad SMARTS) is 1. The van der Waals surface area contributed by atoms with E-state index < -0.39 is 27.9 Å². The van der Waals surface area contributed by atoms with Gasteiger partial charge in [-0.15, -0.1) is 0 Å². The van der Waals surface area contributed by atoms with Gasteiger partial charge >= 0.3 is 5.97 Å². The van der Waals surface area contributed by atoms with Gasteiger partial charge < -0.3 is 5.11 Å². The topological polar surface area (TPSA) is 77.9 Å². The highest BCUT2D eigenvalue weighted by Gasteiger charge is 2.32. The molecular formula is C13H17FN2O4S. The quantitative estimate of drug-likeness (QED) is 0.880. The van der Waals surface area contributed by atoms with Crippen molar-refractivity contribution in [2.75, 3.05) is 26.2 Å². The van der Waals surface area contributed by atoms with Gasteiger partial charge in [-0.2, -0.15) is 4.31 Å². The fourth-order valence-corrected chi connectivity index (χ4v) is 3.77. The summed E-state index contributed by atoms with van der Waals surface area (Å²) in [5.41, 5.74) is 0. The highest BCUT2D eigenvalue weighted by Crippen LogP contribution is 2.20. The van der Waals surface area contributed by atoms with E-state index in [0.717, 1.165) is 6.07 Å². The van der Waals surface area contributed by atoms with Crippen molar-refractivity contribution in [3.05, 3.63) is 30.1 Å². The predicted octanol–water partition coefficient (Wildman–Crippen LogP) is 0.605. The summed E-state index contributed by atoms with van der Waals surface area (Å²) in [6, 6.07) is 4.58. The minimum atomic E-state index is -3.88. The zero-order valence-electron chi connectivity index (χ0n) is 11.6. The summed E-state index contributed by atoms with van der Waals surface area (Å²) in [6.07, 6.45) is 0. The highest BCUT2D eigenvalue weighted by molar-refractivity contribution is 7.89. The van der Waals surface area contributed by atoms with Crippen LogP contribution in [0.25, 0.3) is 0 Å². The molecule has 0 bridgehead atoms. The van der Waals surface area contributed by atoms with Crippen LogP contribution in [-0.4, -0.2) is 60.9 Å². The molecule has 2 rings (SSSR count). The number of halogens is 1. The van der Waals surface area contributed by atoms with Gasteiger partial charge in [0.1, 0.15) is 16.8 Å². The summed E-state index contributed by atoms with van der Waals surface area (Å²) in [7, 11) is -3.88. The molecule has 0 unspecified atom stereocenters.